The Kier molecular flexibility index (Phi) is 3.18. The monoisotopic (exact) mass is 268 g/mol. The molecule has 2 aromatic rings. The standard InChI is InChI=1S/C17H16O3/c1-19-15-10-8-13-14(18)9-7-11-5-3-4-6-12(11)16(13)17(15)20-2/h3-6,8,10H,7,9H2,1-2H3. The van der Waals surface area contributed by atoms with E-state index in [1.165, 1.54) is 5.56 Å². The fourth-order valence-corrected chi connectivity index (χ4v) is 2.79. The second-order valence-electron chi connectivity index (χ2n) is 4.80. The molecule has 3 nitrogen and oxygen atoms in total. The summed E-state index contributed by atoms with van der Waals surface area (Å²) in [4.78, 5) is 12.3. The van der Waals surface area contributed by atoms with Crippen LogP contribution < -0.4 is 9.47 Å². The SMILES string of the molecule is COc1ccc2c(c1OC)-c1ccccc1CCC2=O. The van der Waals surface area contributed by atoms with E-state index in [0.717, 1.165) is 17.5 Å². The highest BCUT2D eigenvalue weighted by Gasteiger charge is 2.25. The van der Waals surface area contributed by atoms with Crippen LogP contribution in [-0.4, -0.2) is 20.0 Å². The highest BCUT2D eigenvalue weighted by atomic mass is 16.5. The number of methoxy groups -OCH3 is 2. The van der Waals surface area contributed by atoms with E-state index >= 15 is 0 Å². The van der Waals surface area contributed by atoms with E-state index in [4.69, 9.17) is 9.47 Å². The predicted molar refractivity (Wildman–Crippen MR) is 77.6 cm³/mol. The van der Waals surface area contributed by atoms with Gasteiger partial charge in [-0.2, -0.15) is 0 Å². The first-order valence-electron chi connectivity index (χ1n) is 6.62. The number of Topliss-reactive ketones (excluding diaryl/α,β-unsaturated/α-hetero) is 1. The zero-order valence-corrected chi connectivity index (χ0v) is 11.6. The van der Waals surface area contributed by atoms with E-state index in [0.29, 0.717) is 23.5 Å². The molecule has 0 unspecified atom stereocenters. The molecule has 3 heteroatoms. The van der Waals surface area contributed by atoms with Gasteiger partial charge in [0.1, 0.15) is 0 Å². The summed E-state index contributed by atoms with van der Waals surface area (Å²) in [6.07, 6.45) is 1.29. The molecule has 1 aliphatic carbocycles. The molecule has 0 radical (unpaired) electrons. The maximum absolute atomic E-state index is 12.3. The molecule has 2 aromatic carbocycles. The Bertz CT molecular complexity index is 674. The Morgan fingerprint density at radius 1 is 0.900 bits per heavy atom. The molecule has 0 heterocycles. The van der Waals surface area contributed by atoms with Crippen LogP contribution >= 0.6 is 0 Å². The Hall–Kier alpha value is -2.29. The Labute approximate surface area is 118 Å². The van der Waals surface area contributed by atoms with Crippen LogP contribution in [0.2, 0.25) is 0 Å². The van der Waals surface area contributed by atoms with Crippen molar-refractivity contribution in [3.8, 4) is 22.6 Å². The third kappa shape index (κ3) is 1.86. The molecule has 0 aromatic heterocycles. The van der Waals surface area contributed by atoms with E-state index < -0.39 is 0 Å². The summed E-state index contributed by atoms with van der Waals surface area (Å²) in [6.45, 7) is 0. The molecule has 0 saturated heterocycles. The summed E-state index contributed by atoms with van der Waals surface area (Å²) in [5.74, 6) is 1.43. The second kappa shape index (κ2) is 5.00. The van der Waals surface area contributed by atoms with Crippen molar-refractivity contribution in [2.24, 2.45) is 0 Å². The summed E-state index contributed by atoms with van der Waals surface area (Å²) >= 11 is 0. The molecule has 0 aliphatic heterocycles. The summed E-state index contributed by atoms with van der Waals surface area (Å²) in [6, 6.07) is 11.7. The number of fused-ring (bicyclic) bond motifs is 3. The average molecular weight is 268 g/mol. The lowest BCUT2D eigenvalue weighted by Gasteiger charge is -2.16. The quantitative estimate of drug-likeness (QED) is 0.836. The van der Waals surface area contributed by atoms with Gasteiger partial charge in [-0.3, -0.25) is 4.79 Å². The van der Waals surface area contributed by atoms with Gasteiger partial charge in [-0.15, -0.1) is 0 Å². The van der Waals surface area contributed by atoms with Gasteiger partial charge in [-0.05, 0) is 29.7 Å². The molecule has 20 heavy (non-hydrogen) atoms. The Morgan fingerprint density at radius 2 is 1.70 bits per heavy atom. The number of benzene rings is 2. The molecule has 3 rings (SSSR count). The van der Waals surface area contributed by atoms with Gasteiger partial charge in [0, 0.05) is 17.5 Å². The summed E-state index contributed by atoms with van der Waals surface area (Å²) in [7, 11) is 3.21. The van der Waals surface area contributed by atoms with Crippen LogP contribution in [0.5, 0.6) is 11.5 Å². The van der Waals surface area contributed by atoms with Crippen LogP contribution in [0.4, 0.5) is 0 Å². The van der Waals surface area contributed by atoms with Gasteiger partial charge in [0.25, 0.3) is 0 Å². The van der Waals surface area contributed by atoms with Gasteiger partial charge in [0.15, 0.2) is 17.3 Å². The Balaban J connectivity index is 2.38. The van der Waals surface area contributed by atoms with Crippen LogP contribution in [0.1, 0.15) is 22.3 Å². The first-order chi connectivity index (χ1) is 9.76. The van der Waals surface area contributed by atoms with Gasteiger partial charge in [0.05, 0.1) is 14.2 Å². The van der Waals surface area contributed by atoms with Gasteiger partial charge < -0.3 is 9.47 Å². The predicted octanol–water partition coefficient (Wildman–Crippen LogP) is 3.50. The topological polar surface area (TPSA) is 35.5 Å². The number of aryl methyl sites for hydroxylation is 1. The minimum Gasteiger partial charge on any atom is -0.493 e. The van der Waals surface area contributed by atoms with E-state index in [1.54, 1.807) is 20.3 Å². The van der Waals surface area contributed by atoms with Crippen molar-refractivity contribution < 1.29 is 14.3 Å². The molecular formula is C17H16O3. The van der Waals surface area contributed by atoms with Gasteiger partial charge in [-0.1, -0.05) is 24.3 Å². The fourth-order valence-electron chi connectivity index (χ4n) is 2.79. The maximum Gasteiger partial charge on any atom is 0.169 e. The highest BCUT2D eigenvalue weighted by Crippen LogP contribution is 2.43. The average Bonchev–Trinajstić information content (AvgIpc) is 2.64. The minimum absolute atomic E-state index is 0.150. The molecule has 102 valence electrons. The van der Waals surface area contributed by atoms with Gasteiger partial charge in [-0.25, -0.2) is 0 Å². The smallest absolute Gasteiger partial charge is 0.169 e. The number of hydrogen-bond donors (Lipinski definition) is 0. The lowest BCUT2D eigenvalue weighted by atomic mass is 9.95. The van der Waals surface area contributed by atoms with Crippen molar-refractivity contribution in [1.29, 1.82) is 0 Å². The van der Waals surface area contributed by atoms with Crippen molar-refractivity contribution in [2.75, 3.05) is 14.2 Å². The minimum atomic E-state index is 0.150. The summed E-state index contributed by atoms with van der Waals surface area (Å²) < 4.78 is 10.9. The first-order valence-corrected chi connectivity index (χ1v) is 6.62. The Morgan fingerprint density at radius 3 is 2.45 bits per heavy atom. The molecule has 1 aliphatic rings. The molecule has 0 N–H and O–H groups in total. The molecule has 0 atom stereocenters. The zero-order chi connectivity index (χ0) is 14.1. The normalized spacial score (nSPS) is 13.2. The van der Waals surface area contributed by atoms with Crippen LogP contribution in [0, 0.1) is 0 Å². The molecular weight excluding hydrogens is 252 g/mol. The van der Waals surface area contributed by atoms with E-state index in [2.05, 4.69) is 6.07 Å². The largest absolute Gasteiger partial charge is 0.493 e. The number of carbonyl (C=O) groups excluding carboxylic acids is 1. The van der Waals surface area contributed by atoms with Crippen molar-refractivity contribution in [2.45, 2.75) is 12.8 Å². The number of ketones is 1. The van der Waals surface area contributed by atoms with Crippen LogP contribution in [-0.2, 0) is 6.42 Å². The van der Waals surface area contributed by atoms with Crippen LogP contribution in [0.25, 0.3) is 11.1 Å². The van der Waals surface area contributed by atoms with Gasteiger partial charge >= 0.3 is 0 Å². The summed E-state index contributed by atoms with van der Waals surface area (Å²) in [5, 5.41) is 0. The molecule has 0 amide bonds. The number of rotatable bonds is 2. The lowest BCUT2D eigenvalue weighted by molar-refractivity contribution is 0.0984. The number of carbonyl (C=O) groups is 1. The maximum atomic E-state index is 12.3. The first kappa shape index (κ1) is 12.7. The third-order valence-electron chi connectivity index (χ3n) is 3.75. The van der Waals surface area contributed by atoms with Crippen molar-refractivity contribution in [3.63, 3.8) is 0 Å². The van der Waals surface area contributed by atoms with E-state index in [9.17, 15) is 4.79 Å². The fraction of sp³-hybridized carbons (Fsp3) is 0.235. The lowest BCUT2D eigenvalue weighted by Crippen LogP contribution is -2.02. The second-order valence-corrected chi connectivity index (χ2v) is 4.80. The highest BCUT2D eigenvalue weighted by molar-refractivity contribution is 6.06. The molecule has 0 saturated carbocycles. The van der Waals surface area contributed by atoms with Crippen LogP contribution in [0.3, 0.4) is 0 Å². The zero-order valence-electron chi connectivity index (χ0n) is 11.6. The van der Waals surface area contributed by atoms with Crippen molar-refractivity contribution in [1.82, 2.24) is 0 Å². The van der Waals surface area contributed by atoms with Crippen molar-refractivity contribution in [3.05, 3.63) is 47.5 Å². The molecule has 0 bridgehead atoms. The number of ether oxygens (including phenoxy) is 2. The van der Waals surface area contributed by atoms with E-state index in [1.807, 2.05) is 24.3 Å². The van der Waals surface area contributed by atoms with Crippen LogP contribution in [0.15, 0.2) is 36.4 Å². The van der Waals surface area contributed by atoms with Gasteiger partial charge in [0.2, 0.25) is 0 Å². The summed E-state index contributed by atoms with van der Waals surface area (Å²) in [5.41, 5.74) is 3.80. The molecule has 0 fully saturated rings. The molecule has 0 spiro atoms. The van der Waals surface area contributed by atoms with Crippen molar-refractivity contribution >= 4 is 5.78 Å². The number of hydrogen-bond acceptors (Lipinski definition) is 3. The van der Waals surface area contributed by atoms with E-state index in [-0.39, 0.29) is 5.78 Å². The third-order valence-corrected chi connectivity index (χ3v) is 3.75.